The van der Waals surface area contributed by atoms with Gasteiger partial charge in [-0.15, -0.1) is 0 Å². The highest BCUT2D eigenvalue weighted by molar-refractivity contribution is 5.82. The zero-order chi connectivity index (χ0) is 16.9. The van der Waals surface area contributed by atoms with Crippen molar-refractivity contribution in [3.63, 3.8) is 0 Å². The van der Waals surface area contributed by atoms with E-state index in [4.69, 9.17) is 9.47 Å². The molecule has 1 aliphatic rings. The highest BCUT2D eigenvalue weighted by Crippen LogP contribution is 2.33. The number of carbonyl (C=O) groups excluding carboxylic acids is 2. The normalized spacial score (nSPS) is 20.4. The molecule has 0 amide bonds. The topological polar surface area (TPSA) is 52.6 Å². The van der Waals surface area contributed by atoms with Crippen LogP contribution >= 0.6 is 0 Å². The summed E-state index contributed by atoms with van der Waals surface area (Å²) in [5, 5.41) is 0. The lowest BCUT2D eigenvalue weighted by Crippen LogP contribution is -2.29. The van der Waals surface area contributed by atoms with Crippen molar-refractivity contribution in [2.45, 2.75) is 84.5 Å². The van der Waals surface area contributed by atoms with E-state index in [2.05, 4.69) is 13.8 Å². The molecule has 0 bridgehead atoms. The number of unbranched alkanes of at least 4 members (excludes halogenated alkanes) is 6. The SMILES string of the molecule is CCCCCCOC(=O)C1CCCC1C(=O)OCCCCCC. The van der Waals surface area contributed by atoms with Crippen molar-refractivity contribution >= 4 is 11.9 Å². The fraction of sp³-hybridized carbons (Fsp3) is 0.895. The third-order valence-corrected chi connectivity index (χ3v) is 4.61. The molecule has 1 saturated carbocycles. The molecular weight excluding hydrogens is 292 g/mol. The van der Waals surface area contributed by atoms with Crippen molar-refractivity contribution in [3.05, 3.63) is 0 Å². The molecule has 134 valence electrons. The Morgan fingerprint density at radius 1 is 0.739 bits per heavy atom. The second kappa shape index (κ2) is 12.4. The van der Waals surface area contributed by atoms with Crippen molar-refractivity contribution in [1.29, 1.82) is 0 Å². The van der Waals surface area contributed by atoms with Gasteiger partial charge in [0.15, 0.2) is 0 Å². The number of hydrogen-bond donors (Lipinski definition) is 0. The van der Waals surface area contributed by atoms with Crippen LogP contribution in [0.3, 0.4) is 0 Å². The lowest BCUT2D eigenvalue weighted by atomic mass is 9.96. The fourth-order valence-corrected chi connectivity index (χ4v) is 3.14. The van der Waals surface area contributed by atoms with E-state index in [1.165, 1.54) is 25.7 Å². The average molecular weight is 326 g/mol. The summed E-state index contributed by atoms with van der Waals surface area (Å²) in [5.41, 5.74) is 0. The first-order chi connectivity index (χ1) is 11.2. The molecule has 0 aromatic rings. The van der Waals surface area contributed by atoms with E-state index in [9.17, 15) is 9.59 Å². The second-order valence-electron chi connectivity index (χ2n) is 6.60. The molecule has 0 N–H and O–H groups in total. The summed E-state index contributed by atoms with van der Waals surface area (Å²) >= 11 is 0. The van der Waals surface area contributed by atoms with Gasteiger partial charge in [-0.3, -0.25) is 9.59 Å². The smallest absolute Gasteiger partial charge is 0.309 e. The van der Waals surface area contributed by atoms with Gasteiger partial charge >= 0.3 is 11.9 Å². The Kier molecular flexibility index (Phi) is 10.8. The summed E-state index contributed by atoms with van der Waals surface area (Å²) in [5.74, 6) is -0.979. The van der Waals surface area contributed by atoms with E-state index in [-0.39, 0.29) is 23.8 Å². The summed E-state index contributed by atoms with van der Waals surface area (Å²) in [6.45, 7) is 5.27. The first kappa shape index (κ1) is 20.0. The van der Waals surface area contributed by atoms with Crippen molar-refractivity contribution < 1.29 is 19.1 Å². The van der Waals surface area contributed by atoms with Gasteiger partial charge in [0.05, 0.1) is 25.0 Å². The van der Waals surface area contributed by atoms with Gasteiger partial charge in [-0.05, 0) is 25.7 Å². The summed E-state index contributed by atoms with van der Waals surface area (Å²) in [7, 11) is 0. The minimum Gasteiger partial charge on any atom is -0.465 e. The number of hydrogen-bond acceptors (Lipinski definition) is 4. The molecule has 0 aliphatic heterocycles. The maximum Gasteiger partial charge on any atom is 0.309 e. The Morgan fingerprint density at radius 3 is 1.57 bits per heavy atom. The van der Waals surface area contributed by atoms with Crippen molar-refractivity contribution in [1.82, 2.24) is 0 Å². The first-order valence-corrected chi connectivity index (χ1v) is 9.54. The maximum atomic E-state index is 12.2. The Balaban J connectivity index is 2.25. The molecule has 2 unspecified atom stereocenters. The molecule has 1 rings (SSSR count). The summed E-state index contributed by atoms with van der Waals surface area (Å²) < 4.78 is 10.7. The Labute approximate surface area is 141 Å². The van der Waals surface area contributed by atoms with Gasteiger partial charge in [-0.25, -0.2) is 0 Å². The van der Waals surface area contributed by atoms with Gasteiger partial charge in [0.2, 0.25) is 0 Å². The minimum atomic E-state index is -0.288. The largest absolute Gasteiger partial charge is 0.465 e. The third kappa shape index (κ3) is 7.85. The van der Waals surface area contributed by atoms with Crippen molar-refractivity contribution in [2.24, 2.45) is 11.8 Å². The first-order valence-electron chi connectivity index (χ1n) is 9.54. The van der Waals surface area contributed by atoms with Gasteiger partial charge in [-0.2, -0.15) is 0 Å². The lowest BCUT2D eigenvalue weighted by Gasteiger charge is -2.17. The molecule has 0 spiro atoms. The molecule has 4 nitrogen and oxygen atoms in total. The zero-order valence-corrected chi connectivity index (χ0v) is 15.0. The van der Waals surface area contributed by atoms with Gasteiger partial charge in [0.1, 0.15) is 0 Å². The predicted octanol–water partition coefficient (Wildman–Crippen LogP) is 4.65. The van der Waals surface area contributed by atoms with Gasteiger partial charge in [0, 0.05) is 0 Å². The maximum absolute atomic E-state index is 12.2. The number of esters is 2. The molecule has 0 radical (unpaired) electrons. The molecule has 23 heavy (non-hydrogen) atoms. The Morgan fingerprint density at radius 2 is 1.17 bits per heavy atom. The van der Waals surface area contributed by atoms with Crippen LogP contribution in [0.2, 0.25) is 0 Å². The monoisotopic (exact) mass is 326 g/mol. The summed E-state index contributed by atoms with van der Waals surface area (Å²) in [4.78, 5) is 24.4. The molecule has 1 aliphatic carbocycles. The molecule has 0 saturated heterocycles. The molecular formula is C19H34O4. The number of rotatable bonds is 12. The highest BCUT2D eigenvalue weighted by atomic mass is 16.5. The van der Waals surface area contributed by atoms with Gasteiger partial charge < -0.3 is 9.47 Å². The van der Waals surface area contributed by atoms with Crippen LogP contribution in [-0.2, 0) is 19.1 Å². The van der Waals surface area contributed by atoms with Crippen LogP contribution in [0.15, 0.2) is 0 Å². The third-order valence-electron chi connectivity index (χ3n) is 4.61. The lowest BCUT2D eigenvalue weighted by molar-refractivity contribution is -0.159. The van der Waals surface area contributed by atoms with E-state index in [0.717, 1.165) is 44.9 Å². The standard InChI is InChI=1S/C19H34O4/c1-3-5-7-9-14-22-18(20)16-12-11-13-17(16)19(21)23-15-10-8-6-4-2/h16-17H,3-15H2,1-2H3. The van der Waals surface area contributed by atoms with Crippen LogP contribution in [0.25, 0.3) is 0 Å². The van der Waals surface area contributed by atoms with Crippen LogP contribution in [0.5, 0.6) is 0 Å². The zero-order valence-electron chi connectivity index (χ0n) is 15.0. The Hall–Kier alpha value is -1.06. The van der Waals surface area contributed by atoms with E-state index in [0.29, 0.717) is 13.2 Å². The van der Waals surface area contributed by atoms with Gasteiger partial charge in [-0.1, -0.05) is 58.8 Å². The molecule has 0 aromatic heterocycles. The number of ether oxygens (including phenoxy) is 2. The van der Waals surface area contributed by atoms with Crippen LogP contribution in [0.1, 0.15) is 84.5 Å². The molecule has 0 heterocycles. The molecule has 0 aromatic carbocycles. The summed E-state index contributed by atoms with van der Waals surface area (Å²) in [6, 6.07) is 0. The minimum absolute atomic E-state index is 0.202. The summed E-state index contributed by atoms with van der Waals surface area (Å²) in [6.07, 6.45) is 11.1. The van der Waals surface area contributed by atoms with Gasteiger partial charge in [0.25, 0.3) is 0 Å². The van der Waals surface area contributed by atoms with Crippen molar-refractivity contribution in [2.75, 3.05) is 13.2 Å². The van der Waals surface area contributed by atoms with Crippen molar-refractivity contribution in [3.8, 4) is 0 Å². The fourth-order valence-electron chi connectivity index (χ4n) is 3.14. The highest BCUT2D eigenvalue weighted by Gasteiger charge is 2.39. The van der Waals surface area contributed by atoms with E-state index < -0.39 is 0 Å². The van der Waals surface area contributed by atoms with E-state index in [1.807, 2.05) is 0 Å². The molecule has 1 fully saturated rings. The Bertz CT molecular complexity index is 308. The molecule has 4 heteroatoms. The van der Waals surface area contributed by atoms with Crippen LogP contribution in [-0.4, -0.2) is 25.2 Å². The quantitative estimate of drug-likeness (QED) is 0.387. The number of carbonyl (C=O) groups is 2. The van der Waals surface area contributed by atoms with Crippen LogP contribution in [0.4, 0.5) is 0 Å². The van der Waals surface area contributed by atoms with E-state index in [1.54, 1.807) is 0 Å². The second-order valence-corrected chi connectivity index (χ2v) is 6.60. The average Bonchev–Trinajstić information content (AvgIpc) is 3.04. The van der Waals surface area contributed by atoms with Crippen LogP contribution < -0.4 is 0 Å². The van der Waals surface area contributed by atoms with Crippen LogP contribution in [0, 0.1) is 11.8 Å². The van der Waals surface area contributed by atoms with E-state index >= 15 is 0 Å². The molecule has 2 atom stereocenters. The predicted molar refractivity (Wildman–Crippen MR) is 91.0 cm³/mol.